The fourth-order valence-corrected chi connectivity index (χ4v) is 1.17. The quantitative estimate of drug-likeness (QED) is 0.419. The summed E-state index contributed by atoms with van der Waals surface area (Å²) in [6.45, 7) is 2.28. The van der Waals surface area contributed by atoms with Crippen molar-refractivity contribution in [1.82, 2.24) is 0 Å². The lowest BCUT2D eigenvalue weighted by atomic mass is 10.3. The van der Waals surface area contributed by atoms with E-state index in [1.165, 1.54) is 0 Å². The van der Waals surface area contributed by atoms with E-state index in [1.807, 2.05) is 18.2 Å². The van der Waals surface area contributed by atoms with E-state index in [2.05, 4.69) is 5.92 Å². The molecule has 0 aromatic heterocycles. The van der Waals surface area contributed by atoms with E-state index in [0.29, 0.717) is 44.5 Å². The van der Waals surface area contributed by atoms with Gasteiger partial charge in [0.25, 0.3) is 0 Å². The SMILES string of the molecule is C#CCOCCOCCOc1ccccc1N. The maximum atomic E-state index is 5.71. The monoisotopic (exact) mass is 235 g/mol. The molecule has 0 saturated carbocycles. The molecule has 4 heteroatoms. The largest absolute Gasteiger partial charge is 0.489 e. The van der Waals surface area contributed by atoms with Crippen LogP contribution in [0, 0.1) is 12.3 Å². The van der Waals surface area contributed by atoms with E-state index in [-0.39, 0.29) is 0 Å². The smallest absolute Gasteiger partial charge is 0.142 e. The third kappa shape index (κ3) is 5.81. The summed E-state index contributed by atoms with van der Waals surface area (Å²) in [5.74, 6) is 3.06. The van der Waals surface area contributed by atoms with Crippen LogP contribution in [0.5, 0.6) is 5.75 Å². The number of hydrogen-bond acceptors (Lipinski definition) is 4. The summed E-state index contributed by atoms with van der Waals surface area (Å²) in [6, 6.07) is 7.36. The zero-order chi connectivity index (χ0) is 12.3. The van der Waals surface area contributed by atoms with E-state index in [9.17, 15) is 0 Å². The first-order valence-corrected chi connectivity index (χ1v) is 5.41. The van der Waals surface area contributed by atoms with Crippen molar-refractivity contribution in [2.24, 2.45) is 0 Å². The summed E-state index contributed by atoms with van der Waals surface area (Å²) in [5, 5.41) is 0. The number of nitrogens with two attached hydrogens (primary N) is 1. The first-order valence-electron chi connectivity index (χ1n) is 5.41. The minimum atomic E-state index is 0.320. The lowest BCUT2D eigenvalue weighted by molar-refractivity contribution is 0.0463. The average Bonchev–Trinajstić information content (AvgIpc) is 2.35. The van der Waals surface area contributed by atoms with Gasteiger partial charge in [0, 0.05) is 0 Å². The Morgan fingerprint density at radius 2 is 1.76 bits per heavy atom. The highest BCUT2D eigenvalue weighted by Crippen LogP contribution is 2.19. The van der Waals surface area contributed by atoms with E-state index in [0.717, 1.165) is 0 Å². The van der Waals surface area contributed by atoms with Crippen LogP contribution >= 0.6 is 0 Å². The van der Waals surface area contributed by atoms with Crippen molar-refractivity contribution in [3.8, 4) is 18.1 Å². The topological polar surface area (TPSA) is 53.7 Å². The lowest BCUT2D eigenvalue weighted by Crippen LogP contribution is -2.11. The maximum absolute atomic E-state index is 5.71. The molecule has 0 aliphatic rings. The minimum Gasteiger partial charge on any atom is -0.489 e. The van der Waals surface area contributed by atoms with Crippen LogP contribution in [0.1, 0.15) is 0 Å². The van der Waals surface area contributed by atoms with Crippen LogP contribution in [0.3, 0.4) is 0 Å². The molecule has 1 rings (SSSR count). The van der Waals surface area contributed by atoms with Crippen molar-refractivity contribution in [2.45, 2.75) is 0 Å². The Morgan fingerprint density at radius 3 is 2.53 bits per heavy atom. The second-order valence-electron chi connectivity index (χ2n) is 3.26. The molecule has 0 radical (unpaired) electrons. The van der Waals surface area contributed by atoms with Gasteiger partial charge in [0.2, 0.25) is 0 Å². The zero-order valence-corrected chi connectivity index (χ0v) is 9.72. The molecule has 17 heavy (non-hydrogen) atoms. The molecule has 0 aliphatic heterocycles. The van der Waals surface area contributed by atoms with Gasteiger partial charge in [-0.3, -0.25) is 0 Å². The number of benzene rings is 1. The Kier molecular flexibility index (Phi) is 6.64. The van der Waals surface area contributed by atoms with Crippen molar-refractivity contribution in [3.63, 3.8) is 0 Å². The van der Waals surface area contributed by atoms with E-state index < -0.39 is 0 Å². The van der Waals surface area contributed by atoms with Gasteiger partial charge in [-0.15, -0.1) is 6.42 Å². The molecule has 1 aromatic carbocycles. The standard InChI is InChI=1S/C13H17NO3/c1-2-7-15-8-9-16-10-11-17-13-6-4-3-5-12(13)14/h1,3-6H,7-11,14H2. The molecule has 2 N–H and O–H groups in total. The summed E-state index contributed by atoms with van der Waals surface area (Å²) in [4.78, 5) is 0. The van der Waals surface area contributed by atoms with Crippen LogP contribution < -0.4 is 10.5 Å². The molecule has 1 aromatic rings. The fraction of sp³-hybridized carbons (Fsp3) is 0.385. The molecule has 0 bridgehead atoms. The molecule has 0 unspecified atom stereocenters. The third-order valence-electron chi connectivity index (χ3n) is 1.96. The van der Waals surface area contributed by atoms with Crippen LogP contribution in [-0.4, -0.2) is 33.0 Å². The number of ether oxygens (including phenoxy) is 3. The highest BCUT2D eigenvalue weighted by atomic mass is 16.5. The number of rotatable bonds is 8. The van der Waals surface area contributed by atoms with Gasteiger partial charge in [0.05, 0.1) is 25.5 Å². The van der Waals surface area contributed by atoms with Gasteiger partial charge in [-0.2, -0.15) is 0 Å². The zero-order valence-electron chi connectivity index (χ0n) is 9.72. The number of para-hydroxylation sites is 2. The summed E-state index contributed by atoms with van der Waals surface area (Å²) >= 11 is 0. The Hall–Kier alpha value is -1.70. The first-order chi connectivity index (χ1) is 8.34. The van der Waals surface area contributed by atoms with Crippen LogP contribution in [0.15, 0.2) is 24.3 Å². The second-order valence-corrected chi connectivity index (χ2v) is 3.26. The average molecular weight is 235 g/mol. The van der Waals surface area contributed by atoms with Gasteiger partial charge < -0.3 is 19.9 Å². The minimum absolute atomic E-state index is 0.320. The van der Waals surface area contributed by atoms with E-state index in [1.54, 1.807) is 6.07 Å². The molecule has 92 valence electrons. The highest BCUT2D eigenvalue weighted by Gasteiger charge is 1.97. The van der Waals surface area contributed by atoms with Crippen LogP contribution in [0.2, 0.25) is 0 Å². The van der Waals surface area contributed by atoms with Crippen molar-refractivity contribution < 1.29 is 14.2 Å². The predicted molar refractivity (Wildman–Crippen MR) is 66.8 cm³/mol. The summed E-state index contributed by atoms with van der Waals surface area (Å²) in [7, 11) is 0. The number of nitrogen functional groups attached to an aromatic ring is 1. The fourth-order valence-electron chi connectivity index (χ4n) is 1.17. The first kappa shape index (κ1) is 13.4. The highest BCUT2D eigenvalue weighted by molar-refractivity contribution is 5.51. The summed E-state index contributed by atoms with van der Waals surface area (Å²) < 4.78 is 15.8. The van der Waals surface area contributed by atoms with Gasteiger partial charge in [-0.1, -0.05) is 18.1 Å². The van der Waals surface area contributed by atoms with Crippen molar-refractivity contribution in [1.29, 1.82) is 0 Å². The molecule has 0 heterocycles. The Morgan fingerprint density at radius 1 is 1.06 bits per heavy atom. The Balaban J connectivity index is 2.01. The van der Waals surface area contributed by atoms with Gasteiger partial charge in [0.1, 0.15) is 19.0 Å². The van der Waals surface area contributed by atoms with Crippen molar-refractivity contribution >= 4 is 5.69 Å². The molecule has 0 spiro atoms. The van der Waals surface area contributed by atoms with Crippen molar-refractivity contribution in [2.75, 3.05) is 38.8 Å². The van der Waals surface area contributed by atoms with Gasteiger partial charge >= 0.3 is 0 Å². The van der Waals surface area contributed by atoms with Crippen LogP contribution in [0.25, 0.3) is 0 Å². The summed E-state index contributed by atoms with van der Waals surface area (Å²) in [6.07, 6.45) is 5.02. The van der Waals surface area contributed by atoms with Crippen LogP contribution in [-0.2, 0) is 9.47 Å². The molecular formula is C13H17NO3. The van der Waals surface area contributed by atoms with Crippen molar-refractivity contribution in [3.05, 3.63) is 24.3 Å². The van der Waals surface area contributed by atoms with E-state index >= 15 is 0 Å². The van der Waals surface area contributed by atoms with E-state index in [4.69, 9.17) is 26.4 Å². The summed E-state index contributed by atoms with van der Waals surface area (Å²) in [5.41, 5.74) is 6.34. The molecule has 0 saturated heterocycles. The number of hydrogen-bond donors (Lipinski definition) is 1. The molecule has 0 fully saturated rings. The lowest BCUT2D eigenvalue weighted by Gasteiger charge is -2.08. The molecule has 4 nitrogen and oxygen atoms in total. The molecule has 0 aliphatic carbocycles. The van der Waals surface area contributed by atoms with Crippen LogP contribution in [0.4, 0.5) is 5.69 Å². The predicted octanol–water partition coefficient (Wildman–Crippen LogP) is 1.31. The Labute approximate surface area is 102 Å². The Bertz CT molecular complexity index is 360. The number of anilines is 1. The molecular weight excluding hydrogens is 218 g/mol. The van der Waals surface area contributed by atoms with Gasteiger partial charge in [0.15, 0.2) is 0 Å². The third-order valence-corrected chi connectivity index (χ3v) is 1.96. The van der Waals surface area contributed by atoms with Gasteiger partial charge in [-0.05, 0) is 12.1 Å². The maximum Gasteiger partial charge on any atom is 0.142 e. The van der Waals surface area contributed by atoms with Gasteiger partial charge in [-0.25, -0.2) is 0 Å². The number of terminal acetylenes is 1. The molecule has 0 amide bonds. The normalized spacial score (nSPS) is 9.82. The molecule has 0 atom stereocenters. The second kappa shape index (κ2) is 8.45.